The van der Waals surface area contributed by atoms with Crippen LogP contribution in [0.3, 0.4) is 0 Å². The summed E-state index contributed by atoms with van der Waals surface area (Å²) < 4.78 is 25.7. The molecule has 1 aliphatic heterocycles. The molecule has 1 saturated heterocycles. The first-order valence-corrected chi connectivity index (χ1v) is 8.51. The van der Waals surface area contributed by atoms with E-state index in [2.05, 4.69) is 0 Å². The van der Waals surface area contributed by atoms with Crippen molar-refractivity contribution >= 4 is 15.9 Å². The van der Waals surface area contributed by atoms with Crippen LogP contribution in [0, 0.1) is 0 Å². The zero-order chi connectivity index (χ0) is 14.3. The first kappa shape index (κ1) is 16.4. The van der Waals surface area contributed by atoms with Crippen LogP contribution in [0.2, 0.25) is 0 Å². The Hall–Kier alpha value is -0.660. The van der Waals surface area contributed by atoms with Gasteiger partial charge in [-0.05, 0) is 19.4 Å². The molecule has 1 rings (SSSR count). The fourth-order valence-corrected chi connectivity index (χ4v) is 3.74. The molecule has 0 bridgehead atoms. The van der Waals surface area contributed by atoms with E-state index in [0.29, 0.717) is 39.1 Å². The smallest absolute Gasteiger partial charge is 0.219 e. The SMILES string of the molecule is CC(=O)N1CCN(S(=O)(=O)CCCCCCN)CC1. The Morgan fingerprint density at radius 3 is 2.16 bits per heavy atom. The van der Waals surface area contributed by atoms with Crippen molar-refractivity contribution in [2.45, 2.75) is 32.6 Å². The summed E-state index contributed by atoms with van der Waals surface area (Å²) in [6, 6.07) is 0. The van der Waals surface area contributed by atoms with E-state index in [9.17, 15) is 13.2 Å². The lowest BCUT2D eigenvalue weighted by Gasteiger charge is -2.33. The van der Waals surface area contributed by atoms with Crippen LogP contribution >= 0.6 is 0 Å². The highest BCUT2D eigenvalue weighted by Crippen LogP contribution is 2.11. The third-order valence-corrected chi connectivity index (χ3v) is 5.39. The molecular weight excluding hydrogens is 266 g/mol. The van der Waals surface area contributed by atoms with Crippen molar-refractivity contribution in [2.24, 2.45) is 5.73 Å². The van der Waals surface area contributed by atoms with Crippen LogP contribution in [0.5, 0.6) is 0 Å². The molecule has 0 spiro atoms. The molecule has 112 valence electrons. The van der Waals surface area contributed by atoms with Gasteiger partial charge in [-0.25, -0.2) is 8.42 Å². The summed E-state index contributed by atoms with van der Waals surface area (Å²) in [4.78, 5) is 12.9. The first-order valence-electron chi connectivity index (χ1n) is 6.91. The topological polar surface area (TPSA) is 83.7 Å². The zero-order valence-electron chi connectivity index (χ0n) is 11.7. The molecule has 2 N–H and O–H groups in total. The number of rotatable bonds is 7. The molecule has 1 heterocycles. The number of amides is 1. The predicted molar refractivity (Wildman–Crippen MR) is 75.1 cm³/mol. The normalized spacial score (nSPS) is 17.7. The molecule has 7 heteroatoms. The van der Waals surface area contributed by atoms with Gasteiger partial charge in [0.2, 0.25) is 15.9 Å². The number of nitrogens with zero attached hydrogens (tertiary/aromatic N) is 2. The average Bonchev–Trinajstić information content (AvgIpc) is 2.38. The van der Waals surface area contributed by atoms with Crippen LogP contribution < -0.4 is 5.73 Å². The van der Waals surface area contributed by atoms with Crippen molar-refractivity contribution < 1.29 is 13.2 Å². The summed E-state index contributed by atoms with van der Waals surface area (Å²) >= 11 is 0. The Kier molecular flexibility index (Phi) is 6.74. The summed E-state index contributed by atoms with van der Waals surface area (Å²) in [7, 11) is -3.16. The van der Waals surface area contributed by atoms with Gasteiger partial charge in [-0.15, -0.1) is 0 Å². The summed E-state index contributed by atoms with van der Waals surface area (Å²) in [5.41, 5.74) is 5.39. The third kappa shape index (κ3) is 5.46. The number of nitrogens with two attached hydrogens (primary N) is 1. The Bertz CT molecular complexity index is 376. The lowest BCUT2D eigenvalue weighted by molar-refractivity contribution is -0.129. The maximum Gasteiger partial charge on any atom is 0.219 e. The molecule has 0 aliphatic carbocycles. The van der Waals surface area contributed by atoms with Crippen molar-refractivity contribution in [3.8, 4) is 0 Å². The molecule has 1 amide bonds. The van der Waals surface area contributed by atoms with Gasteiger partial charge in [0.15, 0.2) is 0 Å². The maximum absolute atomic E-state index is 12.1. The highest BCUT2D eigenvalue weighted by atomic mass is 32.2. The van der Waals surface area contributed by atoms with Gasteiger partial charge < -0.3 is 10.6 Å². The molecule has 0 atom stereocenters. The van der Waals surface area contributed by atoms with E-state index in [1.165, 1.54) is 11.2 Å². The quantitative estimate of drug-likeness (QED) is 0.669. The molecule has 1 aliphatic rings. The van der Waals surface area contributed by atoms with Crippen LogP contribution in [-0.2, 0) is 14.8 Å². The first-order chi connectivity index (χ1) is 8.97. The van der Waals surface area contributed by atoms with E-state index < -0.39 is 10.0 Å². The van der Waals surface area contributed by atoms with Crippen LogP contribution in [0.1, 0.15) is 32.6 Å². The summed E-state index contributed by atoms with van der Waals surface area (Å²) in [6.45, 7) is 4.03. The van der Waals surface area contributed by atoms with Crippen molar-refractivity contribution in [1.29, 1.82) is 0 Å². The minimum atomic E-state index is -3.16. The summed E-state index contributed by atoms with van der Waals surface area (Å²) in [5, 5.41) is 0. The monoisotopic (exact) mass is 291 g/mol. The van der Waals surface area contributed by atoms with Crippen molar-refractivity contribution in [2.75, 3.05) is 38.5 Å². The summed E-state index contributed by atoms with van der Waals surface area (Å²) in [6.07, 6.45) is 3.54. The van der Waals surface area contributed by atoms with Crippen molar-refractivity contribution in [3.05, 3.63) is 0 Å². The van der Waals surface area contributed by atoms with Crippen LogP contribution in [-0.4, -0.2) is 62.0 Å². The minimum absolute atomic E-state index is 0.0128. The van der Waals surface area contributed by atoms with E-state index in [0.717, 1.165) is 19.3 Å². The highest BCUT2D eigenvalue weighted by Gasteiger charge is 2.27. The Morgan fingerprint density at radius 2 is 1.63 bits per heavy atom. The zero-order valence-corrected chi connectivity index (χ0v) is 12.5. The number of carbonyl (C=O) groups is 1. The Balaban J connectivity index is 2.32. The van der Waals surface area contributed by atoms with Gasteiger partial charge in [0.1, 0.15) is 0 Å². The highest BCUT2D eigenvalue weighted by molar-refractivity contribution is 7.89. The van der Waals surface area contributed by atoms with Crippen LogP contribution in [0.4, 0.5) is 0 Å². The minimum Gasteiger partial charge on any atom is -0.340 e. The molecule has 0 radical (unpaired) electrons. The number of piperazine rings is 1. The van der Waals surface area contributed by atoms with Crippen LogP contribution in [0.15, 0.2) is 0 Å². The van der Waals surface area contributed by atoms with Crippen molar-refractivity contribution in [3.63, 3.8) is 0 Å². The van der Waals surface area contributed by atoms with Gasteiger partial charge in [-0.3, -0.25) is 4.79 Å². The maximum atomic E-state index is 12.1. The van der Waals surface area contributed by atoms with Gasteiger partial charge in [-0.2, -0.15) is 4.31 Å². The van der Waals surface area contributed by atoms with Gasteiger partial charge in [0.25, 0.3) is 0 Å². The molecule has 0 aromatic carbocycles. The fraction of sp³-hybridized carbons (Fsp3) is 0.917. The molecule has 19 heavy (non-hydrogen) atoms. The van der Waals surface area contributed by atoms with Gasteiger partial charge in [-0.1, -0.05) is 12.8 Å². The van der Waals surface area contributed by atoms with Gasteiger partial charge in [0.05, 0.1) is 5.75 Å². The average molecular weight is 291 g/mol. The van der Waals surface area contributed by atoms with E-state index in [-0.39, 0.29) is 11.7 Å². The second-order valence-electron chi connectivity index (χ2n) is 4.92. The second-order valence-corrected chi connectivity index (χ2v) is 7.01. The van der Waals surface area contributed by atoms with E-state index in [4.69, 9.17) is 5.73 Å². The number of hydrogen-bond donors (Lipinski definition) is 1. The van der Waals surface area contributed by atoms with Crippen molar-refractivity contribution in [1.82, 2.24) is 9.21 Å². The van der Waals surface area contributed by atoms with E-state index in [1.54, 1.807) is 4.90 Å². The standard InChI is InChI=1S/C12H25N3O3S/c1-12(16)14-7-9-15(10-8-14)19(17,18)11-5-3-2-4-6-13/h2-11,13H2,1H3. The molecule has 0 saturated carbocycles. The molecule has 1 fully saturated rings. The van der Waals surface area contributed by atoms with Crippen LogP contribution in [0.25, 0.3) is 0 Å². The largest absolute Gasteiger partial charge is 0.340 e. The molecular formula is C12H25N3O3S. The molecule has 0 unspecified atom stereocenters. The lowest BCUT2D eigenvalue weighted by Crippen LogP contribution is -2.50. The van der Waals surface area contributed by atoms with E-state index >= 15 is 0 Å². The molecule has 0 aromatic heterocycles. The number of hydrogen-bond acceptors (Lipinski definition) is 4. The second kappa shape index (κ2) is 7.81. The molecule has 0 aromatic rings. The van der Waals surface area contributed by atoms with Gasteiger partial charge >= 0.3 is 0 Å². The lowest BCUT2D eigenvalue weighted by atomic mass is 10.2. The third-order valence-electron chi connectivity index (χ3n) is 3.43. The van der Waals surface area contributed by atoms with Gasteiger partial charge in [0, 0.05) is 33.1 Å². The number of unbranched alkanes of at least 4 members (excludes halogenated alkanes) is 3. The predicted octanol–water partition coefficient (Wildman–Crippen LogP) is -0.000600. The number of sulfonamides is 1. The molecule has 6 nitrogen and oxygen atoms in total. The van der Waals surface area contributed by atoms with E-state index in [1.807, 2.05) is 0 Å². The Morgan fingerprint density at radius 1 is 1.05 bits per heavy atom. The Labute approximate surface area is 116 Å². The fourth-order valence-electron chi connectivity index (χ4n) is 2.19. The number of carbonyl (C=O) groups excluding carboxylic acids is 1. The summed E-state index contributed by atoms with van der Waals surface area (Å²) in [5.74, 6) is 0.219.